The predicted octanol–water partition coefficient (Wildman–Crippen LogP) is 6.65. The van der Waals surface area contributed by atoms with Crippen LogP contribution >= 0.6 is 11.8 Å². The number of thioether (sulfide) groups is 1. The molecule has 20 heavy (non-hydrogen) atoms. The van der Waals surface area contributed by atoms with Gasteiger partial charge in [0.1, 0.15) is 0 Å². The highest BCUT2D eigenvalue weighted by atomic mass is 32.2. The Hall–Kier alpha value is -0.690. The highest BCUT2D eigenvalue weighted by molar-refractivity contribution is 7.99. The first-order chi connectivity index (χ1) is 9.72. The first kappa shape index (κ1) is 17.4. The van der Waals surface area contributed by atoms with Crippen LogP contribution in [-0.4, -0.2) is 5.75 Å². The van der Waals surface area contributed by atoms with Gasteiger partial charge in [0, 0.05) is 10.6 Å². The van der Waals surface area contributed by atoms with Gasteiger partial charge >= 0.3 is 0 Å². The van der Waals surface area contributed by atoms with E-state index in [2.05, 4.69) is 51.1 Å². The van der Waals surface area contributed by atoms with Crippen molar-refractivity contribution in [2.45, 2.75) is 70.6 Å². The lowest BCUT2D eigenvalue weighted by Crippen LogP contribution is -1.87. The maximum atomic E-state index is 2.37. The van der Waals surface area contributed by atoms with Crippen molar-refractivity contribution >= 4 is 11.8 Å². The largest absolute Gasteiger partial charge is 0.122 e. The zero-order valence-corrected chi connectivity index (χ0v) is 14.3. The fourth-order valence-corrected chi connectivity index (χ4v) is 3.22. The predicted molar refractivity (Wildman–Crippen MR) is 93.7 cm³/mol. The number of hydrogen-bond acceptors (Lipinski definition) is 1. The lowest BCUT2D eigenvalue weighted by atomic mass is 10.1. The van der Waals surface area contributed by atoms with Gasteiger partial charge in [0.05, 0.1) is 0 Å². The molecule has 1 heteroatoms. The molecule has 112 valence electrons. The molecule has 0 aliphatic rings. The van der Waals surface area contributed by atoms with Crippen LogP contribution in [0.25, 0.3) is 0 Å². The van der Waals surface area contributed by atoms with Gasteiger partial charge in [-0.15, -0.1) is 11.8 Å². The highest BCUT2D eigenvalue weighted by Crippen LogP contribution is 2.21. The van der Waals surface area contributed by atoms with Crippen LogP contribution in [0.4, 0.5) is 0 Å². The summed E-state index contributed by atoms with van der Waals surface area (Å²) in [6, 6.07) is 9.08. The van der Waals surface area contributed by atoms with E-state index in [0.29, 0.717) is 0 Å². The molecule has 0 amide bonds. The van der Waals surface area contributed by atoms with E-state index >= 15 is 0 Å². The average molecular weight is 291 g/mol. The van der Waals surface area contributed by atoms with Gasteiger partial charge < -0.3 is 0 Å². The highest BCUT2D eigenvalue weighted by Gasteiger charge is 1.97. The molecular weight excluding hydrogens is 260 g/mol. The van der Waals surface area contributed by atoms with Gasteiger partial charge in [-0.25, -0.2) is 0 Å². The van der Waals surface area contributed by atoms with Crippen LogP contribution in [0.1, 0.15) is 64.9 Å². The molecular formula is C19H30S. The van der Waals surface area contributed by atoms with Crippen LogP contribution < -0.4 is 0 Å². The van der Waals surface area contributed by atoms with Crippen LogP contribution in [0.5, 0.6) is 0 Å². The second kappa shape index (κ2) is 11.0. The maximum absolute atomic E-state index is 2.37. The summed E-state index contributed by atoms with van der Waals surface area (Å²) < 4.78 is 0. The van der Waals surface area contributed by atoms with E-state index in [1.807, 2.05) is 11.8 Å². The Balaban J connectivity index is 2.27. The Labute approximate surface area is 130 Å². The number of rotatable bonds is 10. The van der Waals surface area contributed by atoms with E-state index in [1.165, 1.54) is 61.0 Å². The minimum absolute atomic E-state index is 1.09. The molecule has 0 saturated heterocycles. The summed E-state index contributed by atoms with van der Waals surface area (Å²) in [6.45, 7) is 6.60. The molecule has 1 aromatic carbocycles. The van der Waals surface area contributed by atoms with Gasteiger partial charge in [-0.3, -0.25) is 0 Å². The summed E-state index contributed by atoms with van der Waals surface area (Å²) in [7, 11) is 0. The zero-order chi connectivity index (χ0) is 14.6. The standard InChI is InChI=1S/C19H30S/c1-4-5-6-7-8-9-11-18-12-10-13-19(16-18)20-15-14-17(2)3/h10,12-14,16H,4-9,11,15H2,1-3H3. The second-order valence-electron chi connectivity index (χ2n) is 5.76. The van der Waals surface area contributed by atoms with Gasteiger partial charge in [0.25, 0.3) is 0 Å². The lowest BCUT2D eigenvalue weighted by Gasteiger charge is -2.05. The monoisotopic (exact) mass is 290 g/mol. The smallest absolute Gasteiger partial charge is 0.0163 e. The first-order valence-electron chi connectivity index (χ1n) is 8.07. The SMILES string of the molecule is CCCCCCCCc1cccc(SCC=C(C)C)c1. The molecule has 0 aromatic heterocycles. The Bertz CT molecular complexity index is 389. The molecule has 0 saturated carbocycles. The molecule has 0 heterocycles. The Morgan fingerprint density at radius 1 is 1.05 bits per heavy atom. The Morgan fingerprint density at radius 2 is 1.80 bits per heavy atom. The van der Waals surface area contributed by atoms with E-state index in [4.69, 9.17) is 0 Å². The lowest BCUT2D eigenvalue weighted by molar-refractivity contribution is 0.607. The number of aryl methyl sites for hydroxylation is 1. The van der Waals surface area contributed by atoms with Crippen molar-refractivity contribution in [3.8, 4) is 0 Å². The average Bonchev–Trinajstić information content (AvgIpc) is 2.43. The summed E-state index contributed by atoms with van der Waals surface area (Å²) in [5.74, 6) is 1.09. The first-order valence-corrected chi connectivity index (χ1v) is 9.06. The number of benzene rings is 1. The molecule has 0 bridgehead atoms. The molecule has 0 nitrogen and oxygen atoms in total. The fourth-order valence-electron chi connectivity index (χ4n) is 2.20. The van der Waals surface area contributed by atoms with E-state index in [0.717, 1.165) is 5.75 Å². The molecule has 0 atom stereocenters. The van der Waals surface area contributed by atoms with Crippen molar-refractivity contribution < 1.29 is 0 Å². The van der Waals surface area contributed by atoms with Gasteiger partial charge in [-0.05, 0) is 44.4 Å². The number of unbranched alkanes of at least 4 members (excludes halogenated alkanes) is 5. The Kier molecular flexibility index (Phi) is 9.57. The van der Waals surface area contributed by atoms with E-state index in [1.54, 1.807) is 0 Å². The van der Waals surface area contributed by atoms with Crippen molar-refractivity contribution in [3.05, 3.63) is 41.5 Å². The third kappa shape index (κ3) is 8.47. The van der Waals surface area contributed by atoms with Gasteiger partial charge in [-0.2, -0.15) is 0 Å². The summed E-state index contributed by atoms with van der Waals surface area (Å²) in [5.41, 5.74) is 2.91. The van der Waals surface area contributed by atoms with Crippen molar-refractivity contribution in [2.75, 3.05) is 5.75 Å². The minimum atomic E-state index is 1.09. The van der Waals surface area contributed by atoms with Crippen LogP contribution in [-0.2, 0) is 6.42 Å². The molecule has 1 rings (SSSR count). The molecule has 0 radical (unpaired) electrons. The van der Waals surface area contributed by atoms with Crippen LogP contribution in [0.2, 0.25) is 0 Å². The fraction of sp³-hybridized carbons (Fsp3) is 0.579. The number of hydrogen-bond donors (Lipinski definition) is 0. The van der Waals surface area contributed by atoms with E-state index in [9.17, 15) is 0 Å². The van der Waals surface area contributed by atoms with Crippen molar-refractivity contribution in [2.24, 2.45) is 0 Å². The van der Waals surface area contributed by atoms with Gasteiger partial charge in [0.15, 0.2) is 0 Å². The molecule has 0 fully saturated rings. The van der Waals surface area contributed by atoms with E-state index in [-0.39, 0.29) is 0 Å². The summed E-state index contributed by atoms with van der Waals surface area (Å²) >= 11 is 1.94. The minimum Gasteiger partial charge on any atom is -0.122 e. The molecule has 1 aromatic rings. The molecule has 0 spiro atoms. The van der Waals surface area contributed by atoms with Crippen molar-refractivity contribution in [1.29, 1.82) is 0 Å². The second-order valence-corrected chi connectivity index (χ2v) is 6.85. The van der Waals surface area contributed by atoms with Gasteiger partial charge in [-0.1, -0.05) is 62.8 Å². The quantitative estimate of drug-likeness (QED) is 0.264. The van der Waals surface area contributed by atoms with Crippen LogP contribution in [0.3, 0.4) is 0 Å². The topological polar surface area (TPSA) is 0 Å². The molecule has 0 aliphatic carbocycles. The number of allylic oxidation sites excluding steroid dienone is 1. The van der Waals surface area contributed by atoms with Crippen LogP contribution in [0, 0.1) is 0 Å². The molecule has 0 N–H and O–H groups in total. The maximum Gasteiger partial charge on any atom is 0.0163 e. The third-order valence-corrected chi connectivity index (χ3v) is 4.38. The van der Waals surface area contributed by atoms with Crippen molar-refractivity contribution in [1.82, 2.24) is 0 Å². The Morgan fingerprint density at radius 3 is 2.55 bits per heavy atom. The van der Waals surface area contributed by atoms with Gasteiger partial charge in [0.2, 0.25) is 0 Å². The van der Waals surface area contributed by atoms with E-state index < -0.39 is 0 Å². The van der Waals surface area contributed by atoms with Crippen molar-refractivity contribution in [3.63, 3.8) is 0 Å². The summed E-state index contributed by atoms with van der Waals surface area (Å²) in [4.78, 5) is 1.41. The zero-order valence-electron chi connectivity index (χ0n) is 13.5. The third-order valence-electron chi connectivity index (χ3n) is 3.46. The summed E-state index contributed by atoms with van der Waals surface area (Å²) in [5, 5.41) is 0. The van der Waals surface area contributed by atoms with Crippen LogP contribution in [0.15, 0.2) is 40.8 Å². The molecule has 0 aliphatic heterocycles. The molecule has 0 unspecified atom stereocenters. The summed E-state index contributed by atoms with van der Waals surface area (Å²) in [6.07, 6.45) is 11.8. The normalized spacial score (nSPS) is 10.6.